The lowest BCUT2D eigenvalue weighted by atomic mass is 10.2. The molecular weight excluding hydrogens is 264 g/mol. The first-order valence-corrected chi connectivity index (χ1v) is 7.89. The van der Waals surface area contributed by atoms with Gasteiger partial charge in [0.1, 0.15) is 5.52 Å². The third-order valence-corrected chi connectivity index (χ3v) is 3.86. The number of ether oxygens (including phenoxy) is 1. The fraction of sp³-hybridized carbons (Fsp3) is 0.562. The molecule has 0 amide bonds. The molecule has 1 N–H and O–H groups in total. The van der Waals surface area contributed by atoms with Crippen molar-refractivity contribution in [3.05, 3.63) is 18.3 Å². The van der Waals surface area contributed by atoms with Crippen LogP contribution in [0.25, 0.3) is 11.0 Å². The molecule has 2 aromatic heterocycles. The van der Waals surface area contributed by atoms with Crippen LogP contribution in [0.2, 0.25) is 0 Å². The largest absolute Gasteiger partial charge is 0.463 e. The van der Waals surface area contributed by atoms with Gasteiger partial charge in [0.05, 0.1) is 12.1 Å². The summed E-state index contributed by atoms with van der Waals surface area (Å²) in [6.45, 7) is 2.80. The highest BCUT2D eigenvalue weighted by atomic mass is 16.5. The Labute approximate surface area is 125 Å². The maximum absolute atomic E-state index is 5.67. The molecule has 0 aromatic carbocycles. The van der Waals surface area contributed by atoms with E-state index in [0.717, 1.165) is 29.7 Å². The Morgan fingerprint density at radius 3 is 2.95 bits per heavy atom. The lowest BCUT2D eigenvalue weighted by Gasteiger charge is -2.15. The average Bonchev–Trinajstić information content (AvgIpc) is 3.01. The molecule has 3 rings (SSSR count). The number of hydrogen-bond acceptors (Lipinski definition) is 5. The van der Waals surface area contributed by atoms with Crippen molar-refractivity contribution in [3.63, 3.8) is 0 Å². The van der Waals surface area contributed by atoms with E-state index in [1.54, 1.807) is 6.20 Å². The summed E-state index contributed by atoms with van der Waals surface area (Å²) in [5.74, 6) is 0.805. The number of aromatic nitrogens is 3. The van der Waals surface area contributed by atoms with Crippen molar-refractivity contribution in [3.8, 4) is 6.01 Å². The first-order valence-electron chi connectivity index (χ1n) is 7.89. The van der Waals surface area contributed by atoms with Gasteiger partial charge in [-0.25, -0.2) is 0 Å². The number of hydrogen-bond donors (Lipinski definition) is 1. The predicted molar refractivity (Wildman–Crippen MR) is 83.6 cm³/mol. The molecule has 5 nitrogen and oxygen atoms in total. The van der Waals surface area contributed by atoms with Crippen LogP contribution in [0.15, 0.2) is 18.3 Å². The summed E-state index contributed by atoms with van der Waals surface area (Å²) in [5.41, 5.74) is 1.66. The Balaban J connectivity index is 1.87. The molecule has 1 saturated carbocycles. The zero-order valence-corrected chi connectivity index (χ0v) is 12.5. The molecule has 1 fully saturated rings. The summed E-state index contributed by atoms with van der Waals surface area (Å²) in [7, 11) is 0. The zero-order valence-electron chi connectivity index (χ0n) is 12.5. The summed E-state index contributed by atoms with van der Waals surface area (Å²) in [4.78, 5) is 13.4. The summed E-state index contributed by atoms with van der Waals surface area (Å²) in [6, 6.07) is 4.79. The number of rotatable bonds is 6. The second-order valence-electron chi connectivity index (χ2n) is 5.55. The van der Waals surface area contributed by atoms with E-state index in [0.29, 0.717) is 18.7 Å². The molecule has 0 unspecified atom stereocenters. The number of nitrogens with zero attached hydrogens (tertiary/aromatic N) is 3. The molecule has 0 spiro atoms. The van der Waals surface area contributed by atoms with Crippen LogP contribution < -0.4 is 10.1 Å². The number of nitrogens with one attached hydrogen (secondary N) is 1. The Morgan fingerprint density at radius 2 is 2.14 bits per heavy atom. The Kier molecular flexibility index (Phi) is 4.48. The van der Waals surface area contributed by atoms with Crippen LogP contribution in [0.3, 0.4) is 0 Å². The highest BCUT2D eigenvalue weighted by Gasteiger charge is 2.18. The van der Waals surface area contributed by atoms with Gasteiger partial charge < -0.3 is 10.1 Å². The molecule has 1 aliphatic carbocycles. The summed E-state index contributed by atoms with van der Waals surface area (Å²) >= 11 is 0. The van der Waals surface area contributed by atoms with Gasteiger partial charge in [-0.05, 0) is 31.4 Å². The standard InChI is InChI=1S/C16H22N4O/c1-2-3-11-21-16-19-13-9-6-10-17-14(13)15(20-16)18-12-7-4-5-8-12/h6,9-10,12H,2-5,7-8,11H2,1H3,(H,18,19,20). The monoisotopic (exact) mass is 286 g/mol. The van der Waals surface area contributed by atoms with Gasteiger partial charge in [0, 0.05) is 12.2 Å². The second kappa shape index (κ2) is 6.70. The maximum Gasteiger partial charge on any atom is 0.319 e. The molecule has 0 saturated heterocycles. The highest BCUT2D eigenvalue weighted by molar-refractivity contribution is 5.85. The molecule has 2 heterocycles. The number of pyridine rings is 1. The smallest absolute Gasteiger partial charge is 0.319 e. The van der Waals surface area contributed by atoms with Crippen molar-refractivity contribution >= 4 is 16.9 Å². The topological polar surface area (TPSA) is 59.9 Å². The Hall–Kier alpha value is -1.91. The average molecular weight is 286 g/mol. The highest BCUT2D eigenvalue weighted by Crippen LogP contribution is 2.26. The first kappa shape index (κ1) is 14.0. The minimum absolute atomic E-state index is 0.449. The molecule has 0 radical (unpaired) electrons. The number of anilines is 1. The molecule has 5 heteroatoms. The van der Waals surface area contributed by atoms with Crippen LogP contribution in [0, 0.1) is 0 Å². The lowest BCUT2D eigenvalue weighted by molar-refractivity contribution is 0.287. The number of fused-ring (bicyclic) bond motifs is 1. The second-order valence-corrected chi connectivity index (χ2v) is 5.55. The fourth-order valence-corrected chi connectivity index (χ4v) is 2.68. The van der Waals surface area contributed by atoms with Gasteiger partial charge >= 0.3 is 6.01 Å². The van der Waals surface area contributed by atoms with Crippen molar-refractivity contribution in [2.75, 3.05) is 11.9 Å². The molecular formula is C16H22N4O. The molecule has 0 bridgehead atoms. The van der Waals surface area contributed by atoms with E-state index in [1.165, 1.54) is 25.7 Å². The molecule has 0 aliphatic heterocycles. The van der Waals surface area contributed by atoms with Crippen LogP contribution >= 0.6 is 0 Å². The first-order chi connectivity index (χ1) is 10.4. The summed E-state index contributed by atoms with van der Waals surface area (Å²) in [5, 5.41) is 3.52. The zero-order chi connectivity index (χ0) is 14.5. The van der Waals surface area contributed by atoms with E-state index in [9.17, 15) is 0 Å². The molecule has 2 aromatic rings. The molecule has 112 valence electrons. The van der Waals surface area contributed by atoms with Crippen LogP contribution in [-0.2, 0) is 0 Å². The third kappa shape index (κ3) is 3.40. The number of unbranched alkanes of at least 4 members (excludes halogenated alkanes) is 1. The van der Waals surface area contributed by atoms with Crippen LogP contribution in [0.5, 0.6) is 6.01 Å². The normalized spacial score (nSPS) is 15.5. The van der Waals surface area contributed by atoms with E-state index < -0.39 is 0 Å². The molecule has 0 atom stereocenters. The molecule has 1 aliphatic rings. The molecule has 21 heavy (non-hydrogen) atoms. The van der Waals surface area contributed by atoms with Gasteiger partial charge in [0.2, 0.25) is 0 Å². The third-order valence-electron chi connectivity index (χ3n) is 3.86. The van der Waals surface area contributed by atoms with E-state index in [-0.39, 0.29) is 0 Å². The quantitative estimate of drug-likeness (QED) is 0.823. The van der Waals surface area contributed by atoms with Crippen molar-refractivity contribution in [1.29, 1.82) is 0 Å². The van der Waals surface area contributed by atoms with Gasteiger partial charge in [-0.1, -0.05) is 26.2 Å². The van der Waals surface area contributed by atoms with Crippen LogP contribution in [-0.4, -0.2) is 27.6 Å². The Morgan fingerprint density at radius 1 is 1.29 bits per heavy atom. The van der Waals surface area contributed by atoms with Gasteiger partial charge in [-0.3, -0.25) is 4.98 Å². The fourth-order valence-electron chi connectivity index (χ4n) is 2.68. The van der Waals surface area contributed by atoms with Crippen LogP contribution in [0.4, 0.5) is 5.82 Å². The van der Waals surface area contributed by atoms with E-state index >= 15 is 0 Å². The lowest BCUT2D eigenvalue weighted by Crippen LogP contribution is -2.16. The van der Waals surface area contributed by atoms with Crippen molar-refractivity contribution < 1.29 is 4.74 Å². The minimum atomic E-state index is 0.449. The summed E-state index contributed by atoms with van der Waals surface area (Å²) in [6.07, 6.45) is 8.86. The van der Waals surface area contributed by atoms with Crippen LogP contribution in [0.1, 0.15) is 45.4 Å². The van der Waals surface area contributed by atoms with Gasteiger partial charge in [-0.15, -0.1) is 0 Å². The summed E-state index contributed by atoms with van der Waals surface area (Å²) < 4.78 is 5.67. The maximum atomic E-state index is 5.67. The van der Waals surface area contributed by atoms with E-state index in [1.807, 2.05) is 12.1 Å². The Bertz CT molecular complexity index is 596. The van der Waals surface area contributed by atoms with E-state index in [4.69, 9.17) is 4.74 Å². The van der Waals surface area contributed by atoms with Crippen molar-refractivity contribution in [1.82, 2.24) is 15.0 Å². The SMILES string of the molecule is CCCCOc1nc(NC2CCCC2)c2ncccc2n1. The van der Waals surface area contributed by atoms with Crippen molar-refractivity contribution in [2.24, 2.45) is 0 Å². The predicted octanol–water partition coefficient (Wildman–Crippen LogP) is 3.56. The van der Waals surface area contributed by atoms with Crippen molar-refractivity contribution in [2.45, 2.75) is 51.5 Å². The van der Waals surface area contributed by atoms with Gasteiger partial charge in [-0.2, -0.15) is 9.97 Å². The van der Waals surface area contributed by atoms with E-state index in [2.05, 4.69) is 27.2 Å². The van der Waals surface area contributed by atoms with Gasteiger partial charge in [0.25, 0.3) is 0 Å². The van der Waals surface area contributed by atoms with Gasteiger partial charge in [0.15, 0.2) is 5.82 Å². The minimum Gasteiger partial charge on any atom is -0.463 e.